The number of para-hydroxylation sites is 1. The van der Waals surface area contributed by atoms with Gasteiger partial charge in [0, 0.05) is 18.0 Å². The van der Waals surface area contributed by atoms with Gasteiger partial charge in [0.05, 0.1) is 13.2 Å². The molecule has 0 saturated heterocycles. The first kappa shape index (κ1) is 15.2. The summed E-state index contributed by atoms with van der Waals surface area (Å²) in [5, 5.41) is 0. The van der Waals surface area contributed by atoms with E-state index in [0.29, 0.717) is 24.6 Å². The average molecular weight is 286 g/mol. The summed E-state index contributed by atoms with van der Waals surface area (Å²) >= 11 is 0. The largest absolute Gasteiger partial charge is 0.493 e. The van der Waals surface area contributed by atoms with Crippen LogP contribution in [0.4, 0.5) is 5.69 Å². The van der Waals surface area contributed by atoms with Crippen molar-refractivity contribution in [2.75, 3.05) is 12.3 Å². The van der Waals surface area contributed by atoms with Crippen molar-refractivity contribution in [1.29, 1.82) is 0 Å². The molecule has 2 N–H and O–H groups in total. The molecule has 1 aromatic heterocycles. The van der Waals surface area contributed by atoms with Crippen molar-refractivity contribution < 1.29 is 4.74 Å². The van der Waals surface area contributed by atoms with E-state index in [-0.39, 0.29) is 5.56 Å². The minimum absolute atomic E-state index is 0.0776. The normalized spacial score (nSPS) is 10.5. The average Bonchev–Trinajstić information content (AvgIpc) is 2.48. The van der Waals surface area contributed by atoms with Crippen LogP contribution in [0.15, 0.2) is 47.4 Å². The van der Waals surface area contributed by atoms with Gasteiger partial charge < -0.3 is 15.0 Å². The van der Waals surface area contributed by atoms with Crippen molar-refractivity contribution in [2.24, 2.45) is 0 Å². The van der Waals surface area contributed by atoms with E-state index in [0.717, 1.165) is 24.8 Å². The Balaban J connectivity index is 2.02. The number of anilines is 1. The van der Waals surface area contributed by atoms with Crippen LogP contribution in [0.3, 0.4) is 0 Å². The van der Waals surface area contributed by atoms with Crippen LogP contribution >= 0.6 is 0 Å². The van der Waals surface area contributed by atoms with E-state index in [1.54, 1.807) is 10.8 Å². The Morgan fingerprint density at radius 3 is 2.71 bits per heavy atom. The van der Waals surface area contributed by atoms with Gasteiger partial charge in [-0.2, -0.15) is 0 Å². The number of nitrogen functional groups attached to an aromatic ring is 1. The van der Waals surface area contributed by atoms with Gasteiger partial charge in [-0.3, -0.25) is 4.79 Å². The number of hydrogen-bond donors (Lipinski definition) is 1. The number of aromatic nitrogens is 1. The van der Waals surface area contributed by atoms with Gasteiger partial charge in [-0.15, -0.1) is 0 Å². The maximum absolute atomic E-state index is 12.1. The second kappa shape index (κ2) is 7.53. The highest BCUT2D eigenvalue weighted by molar-refractivity contribution is 5.46. The number of ether oxygens (including phenoxy) is 1. The molecule has 2 rings (SSSR count). The molecule has 1 aromatic carbocycles. The minimum Gasteiger partial charge on any atom is -0.493 e. The molecule has 0 radical (unpaired) electrons. The molecule has 0 aliphatic carbocycles. The van der Waals surface area contributed by atoms with Gasteiger partial charge in [-0.1, -0.05) is 38.0 Å². The fourth-order valence-corrected chi connectivity index (χ4v) is 2.11. The Bertz CT molecular complexity index is 635. The van der Waals surface area contributed by atoms with Crippen molar-refractivity contribution >= 4 is 5.69 Å². The van der Waals surface area contributed by atoms with Gasteiger partial charge in [0.15, 0.2) is 0 Å². The molecular weight excluding hydrogens is 264 g/mol. The van der Waals surface area contributed by atoms with Crippen molar-refractivity contribution in [1.82, 2.24) is 4.57 Å². The molecule has 0 bridgehead atoms. The second-order valence-corrected chi connectivity index (χ2v) is 5.08. The van der Waals surface area contributed by atoms with Crippen LogP contribution in [-0.4, -0.2) is 11.2 Å². The van der Waals surface area contributed by atoms with Crippen LogP contribution in [0.2, 0.25) is 0 Å². The summed E-state index contributed by atoms with van der Waals surface area (Å²) in [6, 6.07) is 10.9. The molecule has 112 valence electrons. The first-order chi connectivity index (χ1) is 10.2. The Kier molecular flexibility index (Phi) is 5.43. The van der Waals surface area contributed by atoms with E-state index < -0.39 is 0 Å². The van der Waals surface area contributed by atoms with E-state index >= 15 is 0 Å². The summed E-state index contributed by atoms with van der Waals surface area (Å²) in [5.74, 6) is 0.633. The summed E-state index contributed by atoms with van der Waals surface area (Å²) < 4.78 is 7.21. The lowest BCUT2D eigenvalue weighted by atomic mass is 10.2. The van der Waals surface area contributed by atoms with Crippen LogP contribution in [0.5, 0.6) is 5.75 Å². The summed E-state index contributed by atoms with van der Waals surface area (Å²) in [4.78, 5) is 12.1. The van der Waals surface area contributed by atoms with E-state index in [9.17, 15) is 4.79 Å². The molecule has 4 nitrogen and oxygen atoms in total. The third-order valence-electron chi connectivity index (χ3n) is 3.38. The molecule has 4 heteroatoms. The molecule has 0 fully saturated rings. The monoisotopic (exact) mass is 286 g/mol. The molecule has 2 aromatic rings. The van der Waals surface area contributed by atoms with Gasteiger partial charge in [0.2, 0.25) is 0 Å². The van der Waals surface area contributed by atoms with Crippen molar-refractivity contribution in [3.05, 3.63) is 58.5 Å². The molecule has 0 amide bonds. The predicted octanol–water partition coefficient (Wildman–Crippen LogP) is 3.05. The molecule has 0 atom stereocenters. The first-order valence-corrected chi connectivity index (χ1v) is 7.37. The topological polar surface area (TPSA) is 57.2 Å². The van der Waals surface area contributed by atoms with E-state index in [2.05, 4.69) is 6.92 Å². The fraction of sp³-hybridized carbons (Fsp3) is 0.353. The fourth-order valence-electron chi connectivity index (χ4n) is 2.11. The summed E-state index contributed by atoms with van der Waals surface area (Å²) in [6.07, 6.45) is 5.07. The minimum atomic E-state index is -0.0776. The molecular formula is C17H22N2O2. The highest BCUT2D eigenvalue weighted by Gasteiger charge is 2.03. The van der Waals surface area contributed by atoms with E-state index in [1.165, 1.54) is 6.07 Å². The Morgan fingerprint density at radius 1 is 1.19 bits per heavy atom. The Hall–Kier alpha value is -2.23. The lowest BCUT2D eigenvalue weighted by molar-refractivity contribution is 0.305. The van der Waals surface area contributed by atoms with Crippen LogP contribution in [0, 0.1) is 0 Å². The maximum atomic E-state index is 12.1. The summed E-state index contributed by atoms with van der Waals surface area (Å²) in [7, 11) is 0. The lowest BCUT2D eigenvalue weighted by Gasteiger charge is -2.10. The Morgan fingerprint density at radius 2 is 2.00 bits per heavy atom. The summed E-state index contributed by atoms with van der Waals surface area (Å²) in [5.41, 5.74) is 7.46. The maximum Gasteiger partial charge on any atom is 0.254 e. The molecule has 0 aliphatic heterocycles. The predicted molar refractivity (Wildman–Crippen MR) is 85.7 cm³/mol. The second-order valence-electron chi connectivity index (χ2n) is 5.08. The molecule has 1 heterocycles. The number of pyridine rings is 1. The Labute approximate surface area is 125 Å². The van der Waals surface area contributed by atoms with E-state index in [1.807, 2.05) is 30.3 Å². The van der Waals surface area contributed by atoms with Gasteiger partial charge in [0.1, 0.15) is 5.75 Å². The highest BCUT2D eigenvalue weighted by atomic mass is 16.5. The zero-order valence-corrected chi connectivity index (χ0v) is 12.4. The summed E-state index contributed by atoms with van der Waals surface area (Å²) in [6.45, 7) is 3.28. The van der Waals surface area contributed by atoms with Crippen molar-refractivity contribution in [3.63, 3.8) is 0 Å². The number of nitrogens with two attached hydrogens (primary N) is 1. The van der Waals surface area contributed by atoms with Gasteiger partial charge >= 0.3 is 0 Å². The van der Waals surface area contributed by atoms with Crippen molar-refractivity contribution in [3.8, 4) is 5.75 Å². The van der Waals surface area contributed by atoms with Gasteiger partial charge in [-0.05, 0) is 24.1 Å². The SMILES string of the molecule is CCCCCOc1ccn(Cc2ccccc2N)c(=O)c1. The molecule has 0 spiro atoms. The van der Waals surface area contributed by atoms with Crippen LogP contribution in [-0.2, 0) is 6.54 Å². The smallest absolute Gasteiger partial charge is 0.254 e. The van der Waals surface area contributed by atoms with Gasteiger partial charge in [0.25, 0.3) is 5.56 Å². The highest BCUT2D eigenvalue weighted by Crippen LogP contribution is 2.13. The number of rotatable bonds is 7. The zero-order chi connectivity index (χ0) is 15.1. The molecule has 21 heavy (non-hydrogen) atoms. The van der Waals surface area contributed by atoms with Crippen LogP contribution in [0.1, 0.15) is 31.7 Å². The lowest BCUT2D eigenvalue weighted by Crippen LogP contribution is -2.19. The quantitative estimate of drug-likeness (QED) is 0.628. The third-order valence-corrected chi connectivity index (χ3v) is 3.38. The standard InChI is InChI=1S/C17H22N2O2/c1-2-3-6-11-21-15-9-10-19(17(20)12-15)13-14-7-4-5-8-16(14)18/h4-5,7-10,12H,2-3,6,11,13,18H2,1H3. The number of unbranched alkanes of at least 4 members (excludes halogenated alkanes) is 2. The molecule has 0 unspecified atom stereocenters. The first-order valence-electron chi connectivity index (χ1n) is 7.37. The van der Waals surface area contributed by atoms with Gasteiger partial charge in [-0.25, -0.2) is 0 Å². The molecule has 0 saturated carbocycles. The zero-order valence-electron chi connectivity index (χ0n) is 12.4. The van der Waals surface area contributed by atoms with Crippen LogP contribution in [0.25, 0.3) is 0 Å². The molecule has 0 aliphatic rings. The van der Waals surface area contributed by atoms with Crippen LogP contribution < -0.4 is 16.0 Å². The number of hydrogen-bond acceptors (Lipinski definition) is 3. The third kappa shape index (κ3) is 4.38. The van der Waals surface area contributed by atoms with Crippen molar-refractivity contribution in [2.45, 2.75) is 32.7 Å². The van der Waals surface area contributed by atoms with E-state index in [4.69, 9.17) is 10.5 Å². The number of nitrogens with zero attached hydrogens (tertiary/aromatic N) is 1. The number of benzene rings is 1.